The Bertz CT molecular complexity index is 1000. The number of ether oxygens (including phenoxy) is 1. The summed E-state index contributed by atoms with van der Waals surface area (Å²) < 4.78 is 5.41. The maximum atomic E-state index is 10.1. The fraction of sp³-hybridized carbons (Fsp3) is 0.481. The molecule has 33 heavy (non-hydrogen) atoms. The molecular formula is C27H35N3O2S. The maximum Gasteiger partial charge on any atom is 0.119 e. The molecule has 0 saturated carbocycles. The van der Waals surface area contributed by atoms with E-state index in [0.29, 0.717) is 18.4 Å². The summed E-state index contributed by atoms with van der Waals surface area (Å²) in [6.45, 7) is 3.58. The van der Waals surface area contributed by atoms with Crippen molar-refractivity contribution in [2.45, 2.75) is 37.0 Å². The van der Waals surface area contributed by atoms with E-state index >= 15 is 0 Å². The molecule has 0 spiro atoms. The van der Waals surface area contributed by atoms with Crippen LogP contribution in [0.25, 0.3) is 10.9 Å². The number of rotatable bonds is 11. The first-order valence-corrected chi connectivity index (χ1v) is 13.0. The van der Waals surface area contributed by atoms with Crippen molar-refractivity contribution in [1.29, 1.82) is 0 Å². The van der Waals surface area contributed by atoms with Crippen molar-refractivity contribution in [2.75, 3.05) is 39.1 Å². The molecule has 0 bridgehead atoms. The second-order valence-electron chi connectivity index (χ2n) is 8.92. The molecule has 3 aromatic rings. The monoisotopic (exact) mass is 465 g/mol. The average Bonchev–Trinajstić information content (AvgIpc) is 2.87. The number of hydrogen-bond donors (Lipinski definition) is 1. The van der Waals surface area contributed by atoms with E-state index < -0.39 is 0 Å². The molecule has 1 aliphatic heterocycles. The Balaban J connectivity index is 1.22. The van der Waals surface area contributed by atoms with Crippen LogP contribution in [0.3, 0.4) is 0 Å². The van der Waals surface area contributed by atoms with Gasteiger partial charge in [-0.25, -0.2) is 0 Å². The van der Waals surface area contributed by atoms with E-state index in [1.54, 1.807) is 7.11 Å². The number of piperidine rings is 1. The van der Waals surface area contributed by atoms with Crippen molar-refractivity contribution in [3.63, 3.8) is 0 Å². The van der Waals surface area contributed by atoms with Crippen LogP contribution >= 0.6 is 11.8 Å². The molecule has 1 aliphatic rings. The Morgan fingerprint density at radius 3 is 2.79 bits per heavy atom. The summed E-state index contributed by atoms with van der Waals surface area (Å²) in [6.07, 6.45) is 11.3. The van der Waals surface area contributed by atoms with Gasteiger partial charge >= 0.3 is 0 Å². The number of thioether (sulfide) groups is 1. The minimum Gasteiger partial charge on any atom is -0.497 e. The van der Waals surface area contributed by atoms with Crippen molar-refractivity contribution >= 4 is 22.7 Å². The summed E-state index contributed by atoms with van der Waals surface area (Å²) >= 11 is 1.90. The van der Waals surface area contributed by atoms with Crippen LogP contribution in [-0.4, -0.2) is 59.1 Å². The van der Waals surface area contributed by atoms with E-state index in [1.807, 2.05) is 42.5 Å². The maximum absolute atomic E-state index is 10.1. The molecule has 2 atom stereocenters. The smallest absolute Gasteiger partial charge is 0.119 e. The Labute approximate surface area is 201 Å². The van der Waals surface area contributed by atoms with Crippen molar-refractivity contribution in [2.24, 2.45) is 11.8 Å². The van der Waals surface area contributed by atoms with Crippen molar-refractivity contribution in [3.8, 4) is 5.75 Å². The summed E-state index contributed by atoms with van der Waals surface area (Å²) in [5.41, 5.74) is 2.36. The van der Waals surface area contributed by atoms with Gasteiger partial charge < -0.3 is 14.7 Å². The topological polar surface area (TPSA) is 58.5 Å². The van der Waals surface area contributed by atoms with E-state index in [9.17, 15) is 5.11 Å². The highest BCUT2D eigenvalue weighted by Crippen LogP contribution is 2.30. The fourth-order valence-electron chi connectivity index (χ4n) is 4.94. The van der Waals surface area contributed by atoms with Crippen LogP contribution in [0, 0.1) is 11.8 Å². The zero-order valence-corrected chi connectivity index (χ0v) is 20.3. The molecule has 1 saturated heterocycles. The van der Waals surface area contributed by atoms with Crippen molar-refractivity contribution in [1.82, 2.24) is 14.9 Å². The molecule has 1 N–H and O–H groups in total. The Morgan fingerprint density at radius 1 is 1.09 bits per heavy atom. The van der Waals surface area contributed by atoms with Crippen LogP contribution < -0.4 is 4.74 Å². The first-order valence-electron chi connectivity index (χ1n) is 12.0. The number of nitrogens with zero attached hydrogens (tertiary/aromatic N) is 3. The second kappa shape index (κ2) is 12.4. The van der Waals surface area contributed by atoms with Crippen molar-refractivity contribution in [3.05, 3.63) is 60.6 Å². The highest BCUT2D eigenvalue weighted by atomic mass is 32.2. The molecule has 6 heteroatoms. The molecule has 1 fully saturated rings. The van der Waals surface area contributed by atoms with Gasteiger partial charge in [-0.15, -0.1) is 11.8 Å². The Kier molecular flexibility index (Phi) is 8.98. The van der Waals surface area contributed by atoms with Crippen LogP contribution in [0.1, 0.15) is 31.2 Å². The highest BCUT2D eigenvalue weighted by Gasteiger charge is 2.28. The normalized spacial score (nSPS) is 19.1. The van der Waals surface area contributed by atoms with Gasteiger partial charge in [0.15, 0.2) is 0 Å². The SMILES string of the molecule is COc1ccc2nccc(CCC[C@@H]3CCN(CCCSc4ccncc4)C[C@@H]3CO)c2c1. The number of hydrogen-bond acceptors (Lipinski definition) is 6. The Morgan fingerprint density at radius 2 is 1.97 bits per heavy atom. The number of aryl methyl sites for hydroxylation is 1. The first kappa shape index (κ1) is 24.0. The molecule has 0 unspecified atom stereocenters. The summed E-state index contributed by atoms with van der Waals surface area (Å²) in [5.74, 6) is 3.00. The third-order valence-corrected chi connectivity index (χ3v) is 7.91. The van der Waals surface area contributed by atoms with E-state index in [2.05, 4.69) is 39.1 Å². The van der Waals surface area contributed by atoms with Gasteiger partial charge in [0.2, 0.25) is 0 Å². The zero-order chi connectivity index (χ0) is 22.9. The van der Waals surface area contributed by atoms with E-state index in [1.165, 1.54) is 35.1 Å². The van der Waals surface area contributed by atoms with Crippen molar-refractivity contribution < 1.29 is 9.84 Å². The van der Waals surface area contributed by atoms with Crippen LogP contribution in [0.2, 0.25) is 0 Å². The molecule has 3 heterocycles. The standard InChI is InChI=1S/C27H35N3O2S/c1-32-24-6-7-27-26(18-24)22(8-14-29-27)5-2-4-21-11-16-30(19-23(21)20-31)15-3-17-33-25-9-12-28-13-10-25/h6-10,12-14,18,21,23,31H,2-5,11,15-17,19-20H2,1H3/t21-,23-/m1/s1. The van der Waals surface area contributed by atoms with Gasteiger partial charge in [0.05, 0.1) is 12.6 Å². The van der Waals surface area contributed by atoms with Gasteiger partial charge in [0.1, 0.15) is 5.75 Å². The number of methoxy groups -OCH3 is 1. The summed E-state index contributed by atoms with van der Waals surface area (Å²) in [4.78, 5) is 12.4. The second-order valence-corrected chi connectivity index (χ2v) is 10.1. The van der Waals surface area contributed by atoms with E-state index in [4.69, 9.17) is 4.74 Å². The minimum absolute atomic E-state index is 0.294. The third-order valence-electron chi connectivity index (χ3n) is 6.81. The van der Waals surface area contributed by atoms with E-state index in [-0.39, 0.29) is 0 Å². The minimum atomic E-state index is 0.294. The number of aliphatic hydroxyl groups excluding tert-OH is 1. The number of aliphatic hydroxyl groups is 1. The molecule has 176 valence electrons. The summed E-state index contributed by atoms with van der Waals surface area (Å²) in [6, 6.07) is 12.4. The summed E-state index contributed by atoms with van der Waals surface area (Å²) in [7, 11) is 1.71. The van der Waals surface area contributed by atoms with E-state index in [0.717, 1.165) is 49.5 Å². The lowest BCUT2D eigenvalue weighted by Gasteiger charge is -2.38. The number of benzene rings is 1. The summed E-state index contributed by atoms with van der Waals surface area (Å²) in [5, 5.41) is 11.2. The molecule has 2 aromatic heterocycles. The third kappa shape index (κ3) is 6.69. The van der Waals surface area contributed by atoms with Crippen LogP contribution in [-0.2, 0) is 6.42 Å². The highest BCUT2D eigenvalue weighted by molar-refractivity contribution is 7.99. The van der Waals surface area contributed by atoms with Crippen LogP contribution in [0.15, 0.2) is 59.9 Å². The molecule has 0 radical (unpaired) electrons. The first-order chi connectivity index (χ1) is 16.3. The fourth-order valence-corrected chi connectivity index (χ4v) is 5.76. The quantitative estimate of drug-likeness (QED) is 0.315. The van der Waals surface area contributed by atoms with Gasteiger partial charge in [-0.1, -0.05) is 0 Å². The van der Waals surface area contributed by atoms with Gasteiger partial charge in [-0.3, -0.25) is 9.97 Å². The average molecular weight is 466 g/mol. The molecule has 4 rings (SSSR count). The van der Waals surface area contributed by atoms with Gasteiger partial charge in [0, 0.05) is 42.0 Å². The largest absolute Gasteiger partial charge is 0.497 e. The molecular weight excluding hydrogens is 430 g/mol. The lowest BCUT2D eigenvalue weighted by Crippen LogP contribution is -2.42. The van der Waals surface area contributed by atoms with Crippen LogP contribution in [0.4, 0.5) is 0 Å². The Hall–Kier alpha value is -2.15. The number of fused-ring (bicyclic) bond motifs is 1. The predicted molar refractivity (Wildman–Crippen MR) is 136 cm³/mol. The lowest BCUT2D eigenvalue weighted by atomic mass is 9.82. The van der Waals surface area contributed by atoms with Gasteiger partial charge in [-0.05, 0) is 105 Å². The molecule has 1 aromatic carbocycles. The predicted octanol–water partition coefficient (Wildman–Crippen LogP) is 5.07. The van der Waals surface area contributed by atoms with Gasteiger partial charge in [-0.2, -0.15) is 0 Å². The number of aromatic nitrogens is 2. The van der Waals surface area contributed by atoms with Crippen LogP contribution in [0.5, 0.6) is 5.75 Å². The molecule has 5 nitrogen and oxygen atoms in total. The number of pyridine rings is 2. The zero-order valence-electron chi connectivity index (χ0n) is 19.5. The lowest BCUT2D eigenvalue weighted by molar-refractivity contribution is 0.0677. The number of likely N-dealkylation sites (tertiary alicyclic amines) is 1. The van der Waals surface area contributed by atoms with Gasteiger partial charge in [0.25, 0.3) is 0 Å². The molecule has 0 amide bonds. The molecule has 0 aliphatic carbocycles.